The quantitative estimate of drug-likeness (QED) is 0.371. The number of ether oxygens (including phenoxy) is 1. The van der Waals surface area contributed by atoms with Gasteiger partial charge in [-0.2, -0.15) is 0 Å². The number of nitrogens with zero attached hydrogens (tertiary/aromatic N) is 1. The van der Waals surface area contributed by atoms with Crippen LogP contribution in [0.5, 0.6) is 0 Å². The summed E-state index contributed by atoms with van der Waals surface area (Å²) < 4.78 is 4.68. The van der Waals surface area contributed by atoms with Crippen molar-refractivity contribution in [1.82, 2.24) is 0 Å². The van der Waals surface area contributed by atoms with Crippen molar-refractivity contribution >= 4 is 23.3 Å². The Balaban J connectivity index is 2.50. The zero-order valence-corrected chi connectivity index (χ0v) is 10.9. The van der Waals surface area contributed by atoms with Gasteiger partial charge < -0.3 is 10.1 Å². The van der Waals surface area contributed by atoms with Crippen molar-refractivity contribution in [2.75, 3.05) is 11.9 Å². The number of allylic oxidation sites excluding steroid dienone is 1. The van der Waals surface area contributed by atoms with Crippen LogP contribution >= 0.6 is 0 Å². The van der Waals surface area contributed by atoms with Crippen LogP contribution in [0.4, 0.5) is 11.4 Å². The molecule has 0 aliphatic heterocycles. The van der Waals surface area contributed by atoms with Gasteiger partial charge in [-0.25, -0.2) is 4.79 Å². The number of anilines is 1. The monoisotopic (exact) mass is 278 g/mol. The number of esters is 1. The molecule has 7 heteroatoms. The Morgan fingerprint density at radius 1 is 1.45 bits per heavy atom. The van der Waals surface area contributed by atoms with Crippen molar-refractivity contribution in [1.29, 1.82) is 0 Å². The Bertz CT molecular complexity index is 539. The zero-order chi connectivity index (χ0) is 15.0. The van der Waals surface area contributed by atoms with Crippen molar-refractivity contribution in [2.45, 2.75) is 13.3 Å². The fourth-order valence-electron chi connectivity index (χ4n) is 1.29. The summed E-state index contributed by atoms with van der Waals surface area (Å²) in [6, 6.07) is 5.48. The highest BCUT2D eigenvalue weighted by Crippen LogP contribution is 2.16. The molecule has 106 valence electrons. The Hall–Kier alpha value is -2.70. The number of carbonyl (C=O) groups excluding carboxylic acids is 2. The van der Waals surface area contributed by atoms with Gasteiger partial charge in [0.2, 0.25) is 0 Å². The van der Waals surface area contributed by atoms with E-state index in [1.54, 1.807) is 6.08 Å². The molecule has 20 heavy (non-hydrogen) atoms. The minimum atomic E-state index is -0.610. The lowest BCUT2D eigenvalue weighted by atomic mass is 10.3. The molecule has 0 radical (unpaired) electrons. The second kappa shape index (κ2) is 7.67. The van der Waals surface area contributed by atoms with Crippen molar-refractivity contribution in [3.8, 4) is 0 Å². The van der Waals surface area contributed by atoms with E-state index < -0.39 is 23.4 Å². The molecule has 7 nitrogen and oxygen atoms in total. The number of nitro benzene ring substituents is 1. The van der Waals surface area contributed by atoms with Gasteiger partial charge >= 0.3 is 5.97 Å². The molecule has 0 saturated heterocycles. The maximum absolute atomic E-state index is 11.5. The summed E-state index contributed by atoms with van der Waals surface area (Å²) in [5, 5.41) is 13.0. The van der Waals surface area contributed by atoms with Gasteiger partial charge in [0.15, 0.2) is 6.61 Å². The summed E-state index contributed by atoms with van der Waals surface area (Å²) in [6.07, 6.45) is 3.54. The largest absolute Gasteiger partial charge is 0.452 e. The van der Waals surface area contributed by atoms with Gasteiger partial charge in [-0.3, -0.25) is 14.9 Å². The highest BCUT2D eigenvalue weighted by Gasteiger charge is 2.09. The standard InChI is InChI=1S/C13H14N2O5/c1-2-3-7-13(17)20-9-12(16)14-10-5-4-6-11(8-10)15(18)19/h3-8H,2,9H2,1H3,(H,14,16)/b7-3+. The van der Waals surface area contributed by atoms with Crippen LogP contribution in [0.3, 0.4) is 0 Å². The third-order valence-electron chi connectivity index (χ3n) is 2.18. The minimum Gasteiger partial charge on any atom is -0.452 e. The molecule has 0 fully saturated rings. The SMILES string of the molecule is CC/C=C/C(=O)OCC(=O)Nc1cccc([N+](=O)[O-])c1. The maximum Gasteiger partial charge on any atom is 0.330 e. The van der Waals surface area contributed by atoms with Gasteiger partial charge in [0.05, 0.1) is 4.92 Å². The molecule has 0 spiro atoms. The van der Waals surface area contributed by atoms with Crippen LogP contribution in [0.2, 0.25) is 0 Å². The summed E-state index contributed by atoms with van der Waals surface area (Å²) in [5.74, 6) is -1.18. The molecule has 0 atom stereocenters. The van der Waals surface area contributed by atoms with E-state index in [0.29, 0.717) is 6.42 Å². The van der Waals surface area contributed by atoms with E-state index in [2.05, 4.69) is 10.1 Å². The first-order chi connectivity index (χ1) is 9.52. The van der Waals surface area contributed by atoms with Crippen molar-refractivity contribution in [3.05, 3.63) is 46.5 Å². The number of nitrogens with one attached hydrogen (secondary N) is 1. The lowest BCUT2D eigenvalue weighted by Crippen LogP contribution is -2.20. The first-order valence-electron chi connectivity index (χ1n) is 5.90. The average Bonchev–Trinajstić information content (AvgIpc) is 2.43. The summed E-state index contributed by atoms with van der Waals surface area (Å²) in [4.78, 5) is 32.6. The number of amides is 1. The van der Waals surface area contributed by atoms with Gasteiger partial charge in [0, 0.05) is 23.9 Å². The Kier molecular flexibility index (Phi) is 5.89. The number of carbonyl (C=O) groups is 2. The van der Waals surface area contributed by atoms with E-state index in [-0.39, 0.29) is 11.4 Å². The Morgan fingerprint density at radius 3 is 2.85 bits per heavy atom. The third kappa shape index (κ3) is 5.30. The van der Waals surface area contributed by atoms with Crippen molar-refractivity contribution in [3.63, 3.8) is 0 Å². The minimum absolute atomic E-state index is 0.134. The predicted molar refractivity (Wildman–Crippen MR) is 72.1 cm³/mol. The number of hydrogen-bond acceptors (Lipinski definition) is 5. The van der Waals surface area contributed by atoms with Gasteiger partial charge in [0.25, 0.3) is 11.6 Å². The number of hydrogen-bond donors (Lipinski definition) is 1. The van der Waals surface area contributed by atoms with Gasteiger partial charge in [-0.05, 0) is 12.5 Å². The highest BCUT2D eigenvalue weighted by molar-refractivity contribution is 5.94. The summed E-state index contributed by atoms with van der Waals surface area (Å²) in [7, 11) is 0. The lowest BCUT2D eigenvalue weighted by molar-refractivity contribution is -0.384. The molecule has 1 amide bonds. The molecule has 0 saturated carbocycles. The van der Waals surface area contributed by atoms with Gasteiger partial charge in [-0.15, -0.1) is 0 Å². The zero-order valence-electron chi connectivity index (χ0n) is 10.9. The number of benzene rings is 1. The molecule has 1 N–H and O–H groups in total. The molecule has 0 bridgehead atoms. The van der Waals surface area contributed by atoms with Crippen LogP contribution in [0.25, 0.3) is 0 Å². The van der Waals surface area contributed by atoms with Crippen LogP contribution in [0.1, 0.15) is 13.3 Å². The summed E-state index contributed by atoms with van der Waals surface area (Å²) in [6.45, 7) is 1.41. The first-order valence-corrected chi connectivity index (χ1v) is 5.90. The molecular formula is C13H14N2O5. The second-order valence-electron chi connectivity index (χ2n) is 3.77. The normalized spacial score (nSPS) is 10.2. The first kappa shape index (κ1) is 15.4. The predicted octanol–water partition coefficient (Wildman–Crippen LogP) is 2.04. The molecular weight excluding hydrogens is 264 g/mol. The lowest BCUT2D eigenvalue weighted by Gasteiger charge is -2.05. The average molecular weight is 278 g/mol. The molecule has 0 aromatic heterocycles. The molecule has 1 rings (SSSR count). The summed E-state index contributed by atoms with van der Waals surface area (Å²) in [5.41, 5.74) is 0.134. The maximum atomic E-state index is 11.5. The smallest absolute Gasteiger partial charge is 0.330 e. The van der Waals surface area contributed by atoms with Gasteiger partial charge in [-0.1, -0.05) is 19.1 Å². The highest BCUT2D eigenvalue weighted by atomic mass is 16.6. The third-order valence-corrected chi connectivity index (χ3v) is 2.18. The molecule has 0 unspecified atom stereocenters. The van der Waals surface area contributed by atoms with E-state index in [0.717, 1.165) is 0 Å². The van der Waals surface area contributed by atoms with E-state index in [4.69, 9.17) is 0 Å². The van der Waals surface area contributed by atoms with Gasteiger partial charge in [0.1, 0.15) is 0 Å². The fourth-order valence-corrected chi connectivity index (χ4v) is 1.29. The van der Waals surface area contributed by atoms with Crippen LogP contribution in [0, 0.1) is 10.1 Å². The van der Waals surface area contributed by atoms with Crippen LogP contribution in [-0.4, -0.2) is 23.4 Å². The number of nitro groups is 1. The Morgan fingerprint density at radius 2 is 2.20 bits per heavy atom. The molecule has 0 aliphatic rings. The molecule has 0 heterocycles. The fraction of sp³-hybridized carbons (Fsp3) is 0.231. The van der Waals surface area contributed by atoms with E-state index in [1.165, 1.54) is 30.3 Å². The topological polar surface area (TPSA) is 98.5 Å². The summed E-state index contributed by atoms with van der Waals surface area (Å²) >= 11 is 0. The van der Waals surface area contributed by atoms with Crippen LogP contribution < -0.4 is 5.32 Å². The van der Waals surface area contributed by atoms with Crippen LogP contribution in [-0.2, 0) is 14.3 Å². The second-order valence-corrected chi connectivity index (χ2v) is 3.77. The van der Waals surface area contributed by atoms with Crippen molar-refractivity contribution < 1.29 is 19.2 Å². The van der Waals surface area contributed by atoms with E-state index in [9.17, 15) is 19.7 Å². The van der Waals surface area contributed by atoms with Crippen LogP contribution in [0.15, 0.2) is 36.4 Å². The molecule has 1 aromatic rings. The van der Waals surface area contributed by atoms with E-state index in [1.807, 2.05) is 6.92 Å². The number of non-ortho nitro benzene ring substituents is 1. The Labute approximate surface area is 115 Å². The molecule has 1 aromatic carbocycles. The molecule has 0 aliphatic carbocycles. The number of rotatable bonds is 6. The van der Waals surface area contributed by atoms with Crippen molar-refractivity contribution in [2.24, 2.45) is 0 Å². The van der Waals surface area contributed by atoms with E-state index >= 15 is 0 Å².